The second kappa shape index (κ2) is 10.6. The van der Waals surface area contributed by atoms with E-state index in [1.165, 1.54) is 27.7 Å². The Labute approximate surface area is 216 Å². The summed E-state index contributed by atoms with van der Waals surface area (Å²) < 4.78 is 6.98. The second-order valence-electron chi connectivity index (χ2n) is 10.0. The molecule has 0 spiro atoms. The number of ether oxygens (including phenoxy) is 1. The van der Waals surface area contributed by atoms with E-state index in [9.17, 15) is 9.90 Å². The Hall–Kier alpha value is -2.93. The summed E-state index contributed by atoms with van der Waals surface area (Å²) >= 11 is 1.49. The van der Waals surface area contributed by atoms with E-state index in [1.807, 2.05) is 25.1 Å². The maximum absolute atomic E-state index is 12.5. The van der Waals surface area contributed by atoms with Crippen molar-refractivity contribution in [2.45, 2.75) is 31.8 Å². The maximum atomic E-state index is 12.5. The fourth-order valence-electron chi connectivity index (χ4n) is 5.28. The number of likely N-dealkylation sites (tertiary alicyclic amines) is 1. The number of nitrogens with zero attached hydrogens (tertiary/aromatic N) is 2. The van der Waals surface area contributed by atoms with Crippen molar-refractivity contribution in [3.05, 3.63) is 76.7 Å². The topological polar surface area (TPSA) is 53.0 Å². The number of carbonyl (C=O) groups is 1. The Balaban J connectivity index is 1.15. The first-order valence-electron chi connectivity index (χ1n) is 12.7. The SMILES string of the molecule is Cc1c(C(=O)N(C)C)sc2cc(OC[C@@H](O)CN3CCC(c4cccc5ccccc45)CC3)ccc12. The molecule has 1 N–H and O–H groups in total. The van der Waals surface area contributed by atoms with Crippen LogP contribution in [0.1, 0.15) is 39.6 Å². The maximum Gasteiger partial charge on any atom is 0.263 e. The number of piperidine rings is 1. The molecule has 6 heteroatoms. The normalized spacial score (nSPS) is 15.9. The minimum atomic E-state index is -0.550. The molecule has 0 radical (unpaired) electrons. The number of aryl methyl sites for hydroxylation is 1. The summed E-state index contributed by atoms with van der Waals surface area (Å²) in [6.07, 6.45) is 1.65. The lowest BCUT2D eigenvalue weighted by Gasteiger charge is -2.33. The number of rotatable bonds is 7. The smallest absolute Gasteiger partial charge is 0.263 e. The van der Waals surface area contributed by atoms with Gasteiger partial charge in [0.2, 0.25) is 0 Å². The first kappa shape index (κ1) is 24.8. The molecule has 36 heavy (non-hydrogen) atoms. The molecule has 5 nitrogen and oxygen atoms in total. The van der Waals surface area contributed by atoms with Crippen LogP contribution >= 0.6 is 11.3 Å². The first-order valence-corrected chi connectivity index (χ1v) is 13.5. The highest BCUT2D eigenvalue weighted by Crippen LogP contribution is 2.35. The zero-order chi connectivity index (χ0) is 25.2. The van der Waals surface area contributed by atoms with E-state index in [0.29, 0.717) is 12.5 Å². The number of fused-ring (bicyclic) bond motifs is 2. The van der Waals surface area contributed by atoms with Gasteiger partial charge in [-0.1, -0.05) is 42.5 Å². The molecule has 188 valence electrons. The zero-order valence-electron chi connectivity index (χ0n) is 21.2. The van der Waals surface area contributed by atoms with Gasteiger partial charge in [-0.25, -0.2) is 0 Å². The van der Waals surface area contributed by atoms with E-state index in [2.05, 4.69) is 47.4 Å². The Bertz CT molecular complexity index is 1370. The van der Waals surface area contributed by atoms with Crippen molar-refractivity contribution in [3.8, 4) is 5.75 Å². The van der Waals surface area contributed by atoms with E-state index >= 15 is 0 Å². The Kier molecular flexibility index (Phi) is 7.28. The third-order valence-electron chi connectivity index (χ3n) is 7.27. The Morgan fingerprint density at radius 1 is 1.08 bits per heavy atom. The van der Waals surface area contributed by atoms with Crippen molar-refractivity contribution in [3.63, 3.8) is 0 Å². The number of aliphatic hydroxyl groups excluding tert-OH is 1. The van der Waals surface area contributed by atoms with Gasteiger partial charge in [0.05, 0.1) is 4.88 Å². The molecule has 4 aromatic rings. The van der Waals surface area contributed by atoms with Crippen molar-refractivity contribution < 1.29 is 14.6 Å². The van der Waals surface area contributed by atoms with Gasteiger partial charge in [0.1, 0.15) is 18.5 Å². The molecule has 2 heterocycles. The van der Waals surface area contributed by atoms with Crippen molar-refractivity contribution in [2.24, 2.45) is 0 Å². The van der Waals surface area contributed by atoms with Crippen molar-refractivity contribution >= 4 is 38.1 Å². The van der Waals surface area contributed by atoms with Crippen LogP contribution < -0.4 is 4.74 Å². The zero-order valence-corrected chi connectivity index (χ0v) is 22.1. The summed E-state index contributed by atoms with van der Waals surface area (Å²) in [4.78, 5) is 17.2. The van der Waals surface area contributed by atoms with Crippen LogP contribution in [0.5, 0.6) is 5.75 Å². The van der Waals surface area contributed by atoms with Crippen molar-refractivity contribution in [1.29, 1.82) is 0 Å². The largest absolute Gasteiger partial charge is 0.491 e. The predicted octanol–water partition coefficient (Wildman–Crippen LogP) is 5.68. The fraction of sp³-hybridized carbons (Fsp3) is 0.367. The highest BCUT2D eigenvalue weighted by Gasteiger charge is 2.24. The third-order valence-corrected chi connectivity index (χ3v) is 8.51. The summed E-state index contributed by atoms with van der Waals surface area (Å²) in [7, 11) is 3.54. The summed E-state index contributed by atoms with van der Waals surface area (Å²) in [5.74, 6) is 1.31. The number of hydrogen-bond donors (Lipinski definition) is 1. The average Bonchev–Trinajstić information content (AvgIpc) is 3.22. The number of hydrogen-bond acceptors (Lipinski definition) is 5. The highest BCUT2D eigenvalue weighted by atomic mass is 32.1. The second-order valence-corrected chi connectivity index (χ2v) is 11.1. The van der Waals surface area contributed by atoms with Crippen LogP contribution in [0.3, 0.4) is 0 Å². The lowest BCUT2D eigenvalue weighted by molar-refractivity contribution is 0.0595. The lowest BCUT2D eigenvalue weighted by Crippen LogP contribution is -2.40. The molecule has 1 amide bonds. The summed E-state index contributed by atoms with van der Waals surface area (Å²) in [6, 6.07) is 21.2. The fourth-order valence-corrected chi connectivity index (χ4v) is 6.54. The average molecular weight is 503 g/mol. The molecule has 1 aliphatic rings. The molecule has 1 saturated heterocycles. The predicted molar refractivity (Wildman–Crippen MR) is 148 cm³/mol. The molecule has 0 aliphatic carbocycles. The quantitative estimate of drug-likeness (QED) is 0.353. The van der Waals surface area contributed by atoms with Crippen LogP contribution in [0.4, 0.5) is 0 Å². The van der Waals surface area contributed by atoms with E-state index < -0.39 is 6.10 Å². The van der Waals surface area contributed by atoms with Gasteiger partial charge in [-0.3, -0.25) is 4.79 Å². The van der Waals surface area contributed by atoms with E-state index in [0.717, 1.165) is 52.2 Å². The van der Waals surface area contributed by atoms with Gasteiger partial charge in [0.25, 0.3) is 5.91 Å². The molecule has 5 rings (SSSR count). The van der Waals surface area contributed by atoms with Gasteiger partial charge in [-0.2, -0.15) is 0 Å². The van der Waals surface area contributed by atoms with Crippen molar-refractivity contribution in [1.82, 2.24) is 9.80 Å². The molecule has 1 fully saturated rings. The highest BCUT2D eigenvalue weighted by molar-refractivity contribution is 7.21. The minimum absolute atomic E-state index is 0.0239. The van der Waals surface area contributed by atoms with Crippen LogP contribution in [0.25, 0.3) is 20.9 Å². The van der Waals surface area contributed by atoms with Crippen LogP contribution in [0.2, 0.25) is 0 Å². The van der Waals surface area contributed by atoms with Gasteiger partial charge >= 0.3 is 0 Å². The monoisotopic (exact) mass is 502 g/mol. The standard InChI is InChI=1S/C30H34N2O3S/c1-20-25-12-11-24(17-28(25)36-29(20)30(34)31(2)3)35-19-23(33)18-32-15-13-22(14-16-32)27-10-6-8-21-7-4-5-9-26(21)27/h4-12,17,22-23,33H,13-16,18-19H2,1-3H3/t23-/m0/s1. The summed E-state index contributed by atoms with van der Waals surface area (Å²) in [5, 5.41) is 14.4. The van der Waals surface area contributed by atoms with E-state index in [-0.39, 0.29) is 12.5 Å². The van der Waals surface area contributed by atoms with Gasteiger partial charge < -0.3 is 19.6 Å². The Morgan fingerprint density at radius 2 is 1.83 bits per heavy atom. The number of amides is 1. The Morgan fingerprint density at radius 3 is 2.61 bits per heavy atom. The molecule has 3 aromatic carbocycles. The molecular weight excluding hydrogens is 468 g/mol. The van der Waals surface area contributed by atoms with Gasteiger partial charge in [0, 0.05) is 25.3 Å². The molecule has 0 bridgehead atoms. The number of benzene rings is 3. The van der Waals surface area contributed by atoms with E-state index in [4.69, 9.17) is 4.74 Å². The van der Waals surface area contributed by atoms with E-state index in [1.54, 1.807) is 19.0 Å². The summed E-state index contributed by atoms with van der Waals surface area (Å²) in [5.41, 5.74) is 2.46. The lowest BCUT2D eigenvalue weighted by atomic mass is 9.86. The number of β-amino-alcohol motifs (C(OH)–C–C–N with tert-alkyl or cyclic N) is 1. The molecule has 0 saturated carbocycles. The molecule has 1 aliphatic heterocycles. The number of aliphatic hydroxyl groups is 1. The van der Waals surface area contributed by atoms with Crippen LogP contribution in [-0.2, 0) is 0 Å². The van der Waals surface area contributed by atoms with Crippen LogP contribution in [-0.4, -0.2) is 67.3 Å². The summed E-state index contributed by atoms with van der Waals surface area (Å²) in [6.45, 7) is 4.82. The first-order chi connectivity index (χ1) is 17.4. The van der Waals surface area contributed by atoms with Crippen LogP contribution in [0, 0.1) is 6.92 Å². The third kappa shape index (κ3) is 5.12. The number of carbonyl (C=O) groups excluding carboxylic acids is 1. The molecular formula is C30H34N2O3S. The molecule has 1 aromatic heterocycles. The number of thiophene rings is 1. The molecule has 0 unspecified atom stereocenters. The van der Waals surface area contributed by atoms with Crippen molar-refractivity contribution in [2.75, 3.05) is 40.3 Å². The van der Waals surface area contributed by atoms with Crippen LogP contribution in [0.15, 0.2) is 60.7 Å². The van der Waals surface area contributed by atoms with Gasteiger partial charge in [-0.15, -0.1) is 11.3 Å². The minimum Gasteiger partial charge on any atom is -0.491 e. The van der Waals surface area contributed by atoms with Gasteiger partial charge in [0.15, 0.2) is 0 Å². The van der Waals surface area contributed by atoms with Gasteiger partial charge in [-0.05, 0) is 84.3 Å². The molecule has 1 atom stereocenters.